The number of hydrogen-bond acceptors (Lipinski definition) is 2. The maximum Gasteiger partial charge on any atom is 0.135 e. The summed E-state index contributed by atoms with van der Waals surface area (Å²) >= 11 is 5.84. The zero-order valence-corrected chi connectivity index (χ0v) is 10.5. The Labute approximate surface area is 109 Å². The Morgan fingerprint density at radius 1 is 1.17 bits per heavy atom. The van der Waals surface area contributed by atoms with Gasteiger partial charge in [-0.3, -0.25) is 0 Å². The van der Waals surface area contributed by atoms with Crippen molar-refractivity contribution in [1.82, 2.24) is 9.97 Å². The van der Waals surface area contributed by atoms with E-state index in [4.69, 9.17) is 11.6 Å². The van der Waals surface area contributed by atoms with Crippen LogP contribution in [0, 0.1) is 11.6 Å². The average molecular weight is 269 g/mol. The lowest BCUT2D eigenvalue weighted by molar-refractivity contribution is 0.588. The summed E-state index contributed by atoms with van der Waals surface area (Å²) in [6.45, 7) is 1.97. The molecule has 0 spiro atoms. The van der Waals surface area contributed by atoms with Crippen LogP contribution in [0.5, 0.6) is 0 Å². The molecule has 0 aliphatic rings. The van der Waals surface area contributed by atoms with E-state index in [9.17, 15) is 8.78 Å². The first-order chi connectivity index (χ1) is 8.61. The fraction of sp³-hybridized carbons (Fsp3) is 0.231. The zero-order valence-electron chi connectivity index (χ0n) is 9.75. The van der Waals surface area contributed by atoms with Crippen molar-refractivity contribution in [2.75, 3.05) is 0 Å². The van der Waals surface area contributed by atoms with Crippen molar-refractivity contribution in [3.63, 3.8) is 0 Å². The van der Waals surface area contributed by atoms with Crippen LogP contribution in [0.4, 0.5) is 8.78 Å². The van der Waals surface area contributed by atoms with Crippen LogP contribution in [0.15, 0.2) is 24.3 Å². The second-order valence-electron chi connectivity index (χ2n) is 3.84. The maximum atomic E-state index is 13.6. The molecule has 2 aromatic rings. The lowest BCUT2D eigenvalue weighted by atomic mass is 10.1. The normalized spacial score (nSPS) is 10.7. The fourth-order valence-electron chi connectivity index (χ4n) is 1.67. The van der Waals surface area contributed by atoms with Gasteiger partial charge in [-0.25, -0.2) is 18.7 Å². The second kappa shape index (κ2) is 5.40. The summed E-state index contributed by atoms with van der Waals surface area (Å²) in [5.41, 5.74) is 0.00760. The Balaban J connectivity index is 2.56. The topological polar surface area (TPSA) is 25.8 Å². The van der Waals surface area contributed by atoms with Crippen molar-refractivity contribution in [3.05, 3.63) is 46.9 Å². The van der Waals surface area contributed by atoms with E-state index in [-0.39, 0.29) is 16.4 Å². The summed E-state index contributed by atoms with van der Waals surface area (Å²) in [6, 6.07) is 5.05. The summed E-state index contributed by atoms with van der Waals surface area (Å²) in [5.74, 6) is -0.831. The third kappa shape index (κ3) is 2.64. The summed E-state index contributed by atoms with van der Waals surface area (Å²) in [4.78, 5) is 8.16. The van der Waals surface area contributed by atoms with Crippen LogP contribution in [0.2, 0.25) is 5.15 Å². The second-order valence-corrected chi connectivity index (χ2v) is 4.23. The average Bonchev–Trinajstić information content (AvgIpc) is 2.28. The van der Waals surface area contributed by atoms with Crippen molar-refractivity contribution < 1.29 is 8.78 Å². The van der Waals surface area contributed by atoms with Crippen LogP contribution in [0.1, 0.15) is 19.2 Å². The van der Waals surface area contributed by atoms with Crippen molar-refractivity contribution in [2.45, 2.75) is 19.8 Å². The number of benzene rings is 1. The van der Waals surface area contributed by atoms with Crippen molar-refractivity contribution >= 4 is 11.6 Å². The monoisotopic (exact) mass is 268 g/mol. The van der Waals surface area contributed by atoms with Crippen molar-refractivity contribution in [3.8, 4) is 11.3 Å². The zero-order chi connectivity index (χ0) is 13.1. The van der Waals surface area contributed by atoms with E-state index >= 15 is 0 Å². The molecule has 0 aliphatic carbocycles. The molecule has 0 aliphatic heterocycles. The van der Waals surface area contributed by atoms with E-state index in [1.807, 2.05) is 6.92 Å². The minimum absolute atomic E-state index is 0.167. The van der Waals surface area contributed by atoms with Gasteiger partial charge in [-0.1, -0.05) is 24.6 Å². The Kier molecular flexibility index (Phi) is 3.87. The highest BCUT2D eigenvalue weighted by atomic mass is 35.5. The van der Waals surface area contributed by atoms with Crippen LogP contribution in [0.25, 0.3) is 11.3 Å². The molecule has 0 unspecified atom stereocenters. The molecule has 1 heterocycles. The lowest BCUT2D eigenvalue weighted by Crippen LogP contribution is -1.99. The summed E-state index contributed by atoms with van der Waals surface area (Å²) in [5, 5.41) is 0.186. The number of aromatic nitrogens is 2. The molecule has 94 valence electrons. The Bertz CT molecular complexity index is 553. The molecule has 2 rings (SSSR count). The van der Waals surface area contributed by atoms with E-state index in [1.165, 1.54) is 24.3 Å². The van der Waals surface area contributed by atoms with Crippen LogP contribution in [0.3, 0.4) is 0 Å². The molecule has 0 bridgehead atoms. The number of halogens is 3. The van der Waals surface area contributed by atoms with Gasteiger partial charge in [-0.05, 0) is 18.6 Å². The first-order valence-corrected chi connectivity index (χ1v) is 5.97. The first-order valence-electron chi connectivity index (χ1n) is 5.59. The van der Waals surface area contributed by atoms with Gasteiger partial charge in [0, 0.05) is 12.5 Å². The highest BCUT2D eigenvalue weighted by Gasteiger charge is 2.14. The van der Waals surface area contributed by atoms with Gasteiger partial charge < -0.3 is 0 Å². The molecular formula is C13H11ClF2N2. The van der Waals surface area contributed by atoms with E-state index in [0.717, 1.165) is 6.42 Å². The van der Waals surface area contributed by atoms with Crippen LogP contribution >= 0.6 is 11.6 Å². The highest BCUT2D eigenvalue weighted by Crippen LogP contribution is 2.26. The highest BCUT2D eigenvalue weighted by molar-refractivity contribution is 6.29. The van der Waals surface area contributed by atoms with E-state index in [2.05, 4.69) is 9.97 Å². The molecule has 5 heteroatoms. The third-order valence-electron chi connectivity index (χ3n) is 2.43. The SMILES string of the molecule is CCCc1nc(Cl)cc(-c2c(F)cccc2F)n1. The van der Waals surface area contributed by atoms with Crippen LogP contribution in [-0.2, 0) is 6.42 Å². The summed E-state index contributed by atoms with van der Waals surface area (Å²) < 4.78 is 27.3. The summed E-state index contributed by atoms with van der Waals surface area (Å²) in [7, 11) is 0. The van der Waals surface area contributed by atoms with Gasteiger partial charge in [0.1, 0.15) is 22.6 Å². The van der Waals surface area contributed by atoms with Crippen molar-refractivity contribution in [1.29, 1.82) is 0 Å². The number of nitrogens with zero attached hydrogens (tertiary/aromatic N) is 2. The molecule has 1 aromatic carbocycles. The fourth-order valence-corrected chi connectivity index (χ4v) is 1.87. The molecule has 0 N–H and O–H groups in total. The van der Waals surface area contributed by atoms with Gasteiger partial charge in [0.25, 0.3) is 0 Å². The molecular weight excluding hydrogens is 258 g/mol. The van der Waals surface area contributed by atoms with Gasteiger partial charge >= 0.3 is 0 Å². The lowest BCUT2D eigenvalue weighted by Gasteiger charge is -2.06. The van der Waals surface area contributed by atoms with Crippen molar-refractivity contribution in [2.24, 2.45) is 0 Å². The molecule has 1 aromatic heterocycles. The molecule has 0 radical (unpaired) electrons. The number of aryl methyl sites for hydroxylation is 1. The maximum absolute atomic E-state index is 13.6. The minimum Gasteiger partial charge on any atom is -0.233 e. The Morgan fingerprint density at radius 2 is 1.83 bits per heavy atom. The predicted molar refractivity (Wildman–Crippen MR) is 66.4 cm³/mol. The van der Waals surface area contributed by atoms with Gasteiger partial charge in [-0.15, -0.1) is 0 Å². The van der Waals surface area contributed by atoms with E-state index < -0.39 is 11.6 Å². The van der Waals surface area contributed by atoms with Gasteiger partial charge in [0.2, 0.25) is 0 Å². The first kappa shape index (κ1) is 12.9. The summed E-state index contributed by atoms with van der Waals surface area (Å²) in [6.07, 6.45) is 1.45. The quantitative estimate of drug-likeness (QED) is 0.786. The van der Waals surface area contributed by atoms with Gasteiger partial charge in [0.15, 0.2) is 0 Å². The van der Waals surface area contributed by atoms with E-state index in [0.29, 0.717) is 12.2 Å². The molecule has 0 atom stereocenters. The largest absolute Gasteiger partial charge is 0.233 e. The molecule has 0 saturated heterocycles. The minimum atomic E-state index is -0.660. The van der Waals surface area contributed by atoms with E-state index in [1.54, 1.807) is 0 Å². The standard InChI is InChI=1S/C13H11ClF2N2/c1-2-4-12-17-10(7-11(14)18-12)13-8(15)5-3-6-9(13)16/h3,5-7H,2,4H2,1H3. The van der Waals surface area contributed by atoms with Gasteiger partial charge in [-0.2, -0.15) is 0 Å². The molecule has 0 fully saturated rings. The Morgan fingerprint density at radius 3 is 2.44 bits per heavy atom. The predicted octanol–water partition coefficient (Wildman–Crippen LogP) is 4.03. The molecule has 0 amide bonds. The third-order valence-corrected chi connectivity index (χ3v) is 2.63. The number of hydrogen-bond donors (Lipinski definition) is 0. The number of rotatable bonds is 3. The van der Waals surface area contributed by atoms with Crippen LogP contribution in [-0.4, -0.2) is 9.97 Å². The molecule has 0 saturated carbocycles. The molecule has 2 nitrogen and oxygen atoms in total. The molecule has 18 heavy (non-hydrogen) atoms. The smallest absolute Gasteiger partial charge is 0.135 e. The Hall–Kier alpha value is -1.55. The van der Waals surface area contributed by atoms with Crippen LogP contribution < -0.4 is 0 Å². The van der Waals surface area contributed by atoms with Gasteiger partial charge in [0.05, 0.1) is 11.3 Å².